The fraction of sp³-hybridized carbons (Fsp3) is 0.750. The van der Waals surface area contributed by atoms with Crippen molar-refractivity contribution >= 4 is 0 Å². The molecule has 0 radical (unpaired) electrons. The van der Waals surface area contributed by atoms with Crippen molar-refractivity contribution in [2.75, 3.05) is 20.2 Å². The zero-order valence-corrected chi connectivity index (χ0v) is 16.8. The number of ether oxygens (including phenoxy) is 1. The van der Waals surface area contributed by atoms with Crippen LogP contribution in [0.2, 0.25) is 0 Å². The van der Waals surface area contributed by atoms with Crippen LogP contribution in [0.3, 0.4) is 0 Å². The van der Waals surface area contributed by atoms with E-state index in [2.05, 4.69) is 36.1 Å². The fourth-order valence-electron chi connectivity index (χ4n) is 6.19. The third-order valence-corrected chi connectivity index (χ3v) is 7.61. The number of piperidine rings is 1. The number of rotatable bonds is 3. The third-order valence-electron chi connectivity index (χ3n) is 7.61. The topological polar surface area (TPSA) is 12.5 Å². The zero-order chi connectivity index (χ0) is 17.9. The van der Waals surface area contributed by atoms with Crippen LogP contribution >= 0.6 is 0 Å². The van der Waals surface area contributed by atoms with E-state index in [0.717, 1.165) is 29.5 Å². The van der Waals surface area contributed by atoms with Gasteiger partial charge in [0.1, 0.15) is 5.75 Å². The first-order chi connectivity index (χ1) is 12.7. The number of para-hydroxylation sites is 1. The van der Waals surface area contributed by atoms with Crippen molar-refractivity contribution < 1.29 is 4.74 Å². The first kappa shape index (κ1) is 18.3. The second-order valence-electron chi connectivity index (χ2n) is 9.41. The van der Waals surface area contributed by atoms with Crippen molar-refractivity contribution in [3.8, 4) is 5.75 Å². The Kier molecular flexibility index (Phi) is 5.88. The molecule has 2 aliphatic carbocycles. The minimum atomic E-state index is 0.677. The Labute approximate surface area is 160 Å². The SMILES string of the molecule is COc1ccccc1C1CCN(C2CCC3CCC(C)CC(C3)C2)CC1. The predicted molar refractivity (Wildman–Crippen MR) is 109 cm³/mol. The van der Waals surface area contributed by atoms with Gasteiger partial charge in [-0.05, 0) is 93.3 Å². The molecule has 144 valence electrons. The average Bonchev–Trinajstić information content (AvgIpc) is 2.99. The molecule has 1 aromatic carbocycles. The van der Waals surface area contributed by atoms with Gasteiger partial charge >= 0.3 is 0 Å². The molecule has 3 aliphatic rings. The first-order valence-electron chi connectivity index (χ1n) is 11.1. The lowest BCUT2D eigenvalue weighted by molar-refractivity contribution is 0.124. The van der Waals surface area contributed by atoms with E-state index in [1.165, 1.54) is 76.4 Å². The van der Waals surface area contributed by atoms with Gasteiger partial charge in [0.25, 0.3) is 0 Å². The van der Waals surface area contributed by atoms with E-state index in [-0.39, 0.29) is 0 Å². The lowest BCUT2D eigenvalue weighted by Crippen LogP contribution is -2.41. The molecule has 1 aromatic rings. The molecule has 0 N–H and O–H groups in total. The number of fused-ring (bicyclic) bond motifs is 2. The quantitative estimate of drug-likeness (QED) is 0.672. The maximum atomic E-state index is 5.61. The highest BCUT2D eigenvalue weighted by molar-refractivity contribution is 5.36. The smallest absolute Gasteiger partial charge is 0.122 e. The van der Waals surface area contributed by atoms with E-state index in [0.29, 0.717) is 5.92 Å². The Balaban J connectivity index is 1.37. The Bertz CT molecular complexity index is 577. The molecular weight excluding hydrogens is 318 g/mol. The molecule has 1 saturated heterocycles. The number of nitrogens with zero attached hydrogens (tertiary/aromatic N) is 1. The monoisotopic (exact) mass is 355 g/mol. The van der Waals surface area contributed by atoms with Gasteiger partial charge in [0, 0.05) is 6.04 Å². The van der Waals surface area contributed by atoms with Crippen LogP contribution in [0.15, 0.2) is 24.3 Å². The summed E-state index contributed by atoms with van der Waals surface area (Å²) in [7, 11) is 1.81. The highest BCUT2D eigenvalue weighted by atomic mass is 16.5. The van der Waals surface area contributed by atoms with Gasteiger partial charge in [-0.15, -0.1) is 0 Å². The van der Waals surface area contributed by atoms with E-state index in [1.54, 1.807) is 7.11 Å². The Morgan fingerprint density at radius 3 is 2.42 bits per heavy atom. The molecular formula is C24H37NO. The van der Waals surface area contributed by atoms with E-state index < -0.39 is 0 Å². The van der Waals surface area contributed by atoms with E-state index in [9.17, 15) is 0 Å². The van der Waals surface area contributed by atoms with Crippen molar-refractivity contribution in [2.45, 2.75) is 76.7 Å². The van der Waals surface area contributed by atoms with Crippen LogP contribution in [0.5, 0.6) is 5.75 Å². The number of likely N-dealkylation sites (tertiary alicyclic amines) is 1. The second kappa shape index (κ2) is 8.33. The minimum Gasteiger partial charge on any atom is -0.496 e. The van der Waals surface area contributed by atoms with Crippen LogP contribution in [-0.4, -0.2) is 31.1 Å². The maximum absolute atomic E-state index is 5.61. The number of hydrogen-bond acceptors (Lipinski definition) is 2. The van der Waals surface area contributed by atoms with Crippen LogP contribution < -0.4 is 4.74 Å². The largest absolute Gasteiger partial charge is 0.496 e. The standard InChI is InChI=1S/C24H37NO/c1-18-7-8-19-9-10-22(17-20(15-18)16-19)25-13-11-21(12-14-25)23-5-3-4-6-24(23)26-2/h3-6,18-22H,7-17H2,1-2H3. The molecule has 4 unspecified atom stereocenters. The molecule has 26 heavy (non-hydrogen) atoms. The zero-order valence-electron chi connectivity index (χ0n) is 16.8. The minimum absolute atomic E-state index is 0.677. The second-order valence-corrected chi connectivity index (χ2v) is 9.41. The van der Waals surface area contributed by atoms with Crippen molar-refractivity contribution in [3.63, 3.8) is 0 Å². The summed E-state index contributed by atoms with van der Waals surface area (Å²) in [5.41, 5.74) is 1.43. The van der Waals surface area contributed by atoms with Gasteiger partial charge in [0.2, 0.25) is 0 Å². The summed E-state index contributed by atoms with van der Waals surface area (Å²) in [6.45, 7) is 5.05. The molecule has 1 aliphatic heterocycles. The Morgan fingerprint density at radius 1 is 0.846 bits per heavy atom. The molecule has 2 saturated carbocycles. The molecule has 2 bridgehead atoms. The lowest BCUT2D eigenvalue weighted by atomic mass is 9.86. The number of methoxy groups -OCH3 is 1. The van der Waals surface area contributed by atoms with Crippen molar-refractivity contribution in [3.05, 3.63) is 29.8 Å². The highest BCUT2D eigenvalue weighted by Gasteiger charge is 2.34. The van der Waals surface area contributed by atoms with Crippen LogP contribution in [-0.2, 0) is 0 Å². The summed E-state index contributed by atoms with van der Waals surface area (Å²) >= 11 is 0. The van der Waals surface area contributed by atoms with Crippen LogP contribution in [0.1, 0.15) is 76.2 Å². The Morgan fingerprint density at radius 2 is 1.62 bits per heavy atom. The summed E-state index contributed by atoms with van der Waals surface area (Å²) in [5, 5.41) is 0. The summed E-state index contributed by atoms with van der Waals surface area (Å²) in [5.74, 6) is 4.74. The van der Waals surface area contributed by atoms with Crippen molar-refractivity contribution in [1.29, 1.82) is 0 Å². The van der Waals surface area contributed by atoms with Gasteiger partial charge in [-0.25, -0.2) is 0 Å². The summed E-state index contributed by atoms with van der Waals surface area (Å²) in [6.07, 6.45) is 13.0. The molecule has 2 nitrogen and oxygen atoms in total. The maximum Gasteiger partial charge on any atom is 0.122 e. The summed E-state index contributed by atoms with van der Waals surface area (Å²) < 4.78 is 5.61. The van der Waals surface area contributed by atoms with Crippen LogP contribution in [0.25, 0.3) is 0 Å². The summed E-state index contributed by atoms with van der Waals surface area (Å²) in [6, 6.07) is 9.51. The molecule has 2 heteroatoms. The predicted octanol–water partition coefficient (Wildman–Crippen LogP) is 5.87. The molecule has 1 heterocycles. The average molecular weight is 356 g/mol. The molecule has 4 atom stereocenters. The van der Waals surface area contributed by atoms with E-state index >= 15 is 0 Å². The van der Waals surface area contributed by atoms with Crippen LogP contribution in [0, 0.1) is 17.8 Å². The molecule has 0 amide bonds. The third kappa shape index (κ3) is 4.11. The normalized spacial score (nSPS) is 34.1. The van der Waals surface area contributed by atoms with E-state index in [4.69, 9.17) is 4.74 Å². The molecule has 0 spiro atoms. The number of benzene rings is 1. The molecule has 0 aromatic heterocycles. The van der Waals surface area contributed by atoms with Gasteiger partial charge in [0.15, 0.2) is 0 Å². The van der Waals surface area contributed by atoms with Crippen molar-refractivity contribution in [1.82, 2.24) is 4.90 Å². The summed E-state index contributed by atoms with van der Waals surface area (Å²) in [4.78, 5) is 2.85. The fourth-order valence-corrected chi connectivity index (χ4v) is 6.19. The number of hydrogen-bond donors (Lipinski definition) is 0. The lowest BCUT2D eigenvalue weighted by Gasteiger charge is -2.39. The van der Waals surface area contributed by atoms with Crippen molar-refractivity contribution in [2.24, 2.45) is 17.8 Å². The first-order valence-corrected chi connectivity index (χ1v) is 11.1. The van der Waals surface area contributed by atoms with Crippen LogP contribution in [0.4, 0.5) is 0 Å². The molecule has 4 rings (SSSR count). The van der Waals surface area contributed by atoms with Gasteiger partial charge in [-0.1, -0.05) is 38.0 Å². The van der Waals surface area contributed by atoms with Gasteiger partial charge in [-0.3, -0.25) is 0 Å². The Hall–Kier alpha value is -1.02. The van der Waals surface area contributed by atoms with Gasteiger partial charge < -0.3 is 9.64 Å². The van der Waals surface area contributed by atoms with Gasteiger partial charge in [-0.2, -0.15) is 0 Å². The van der Waals surface area contributed by atoms with Gasteiger partial charge in [0.05, 0.1) is 7.11 Å². The highest BCUT2D eigenvalue weighted by Crippen LogP contribution is 2.42. The molecule has 3 fully saturated rings. The van der Waals surface area contributed by atoms with E-state index in [1.807, 2.05) is 0 Å².